The second-order valence-electron chi connectivity index (χ2n) is 5.82. The molecule has 0 unspecified atom stereocenters. The van der Waals surface area contributed by atoms with E-state index in [9.17, 15) is 18.0 Å². The summed E-state index contributed by atoms with van der Waals surface area (Å²) in [6, 6.07) is 3.97. The van der Waals surface area contributed by atoms with Crippen molar-refractivity contribution in [3.63, 3.8) is 0 Å². The van der Waals surface area contributed by atoms with Crippen LogP contribution >= 0.6 is 0 Å². The van der Waals surface area contributed by atoms with E-state index in [4.69, 9.17) is 0 Å². The monoisotopic (exact) mass is 299 g/mol. The topological polar surface area (TPSA) is 45.2 Å². The minimum absolute atomic E-state index is 0.0186. The highest BCUT2D eigenvalue weighted by Gasteiger charge is 2.41. The maximum absolute atomic E-state index is 12.7. The molecule has 1 spiro atoms. The fourth-order valence-electron chi connectivity index (χ4n) is 3.07. The van der Waals surface area contributed by atoms with Gasteiger partial charge in [0.2, 0.25) is 5.91 Å². The van der Waals surface area contributed by atoms with Gasteiger partial charge in [-0.1, -0.05) is 6.07 Å². The minimum atomic E-state index is -4.42. The number of amides is 1. The number of alkyl halides is 3. The molecule has 2 aliphatic rings. The maximum Gasteiger partial charge on any atom is 0.433 e. The normalized spacial score (nSPS) is 21.7. The number of anilines is 1. The Balaban J connectivity index is 1.71. The SMILES string of the molecule is O=C1CC2(CCN(c3cccc(C(F)(F)F)n3)CC2)CN1. The Bertz CT molecular complexity index is 551. The Hall–Kier alpha value is -1.79. The third-order valence-electron chi connectivity index (χ3n) is 4.37. The number of pyridine rings is 1. The summed E-state index contributed by atoms with van der Waals surface area (Å²) in [4.78, 5) is 16.9. The maximum atomic E-state index is 12.7. The van der Waals surface area contributed by atoms with Gasteiger partial charge in [-0.15, -0.1) is 0 Å². The van der Waals surface area contributed by atoms with Crippen molar-refractivity contribution in [2.24, 2.45) is 5.41 Å². The Labute approximate surface area is 120 Å². The second kappa shape index (κ2) is 4.89. The standard InChI is InChI=1S/C14H16F3N3O/c15-14(16,17)10-2-1-3-11(19-10)20-6-4-13(5-7-20)8-12(21)18-9-13/h1-3H,4-9H2,(H,18,21). The Morgan fingerprint density at radius 3 is 2.52 bits per heavy atom. The van der Waals surface area contributed by atoms with E-state index in [0.717, 1.165) is 18.9 Å². The average molecular weight is 299 g/mol. The van der Waals surface area contributed by atoms with Gasteiger partial charge in [-0.25, -0.2) is 4.98 Å². The number of carbonyl (C=O) groups is 1. The van der Waals surface area contributed by atoms with E-state index < -0.39 is 11.9 Å². The molecule has 7 heteroatoms. The summed E-state index contributed by atoms with van der Waals surface area (Å²) < 4.78 is 38.1. The van der Waals surface area contributed by atoms with E-state index in [1.807, 2.05) is 4.90 Å². The van der Waals surface area contributed by atoms with Crippen LogP contribution in [0.4, 0.5) is 19.0 Å². The van der Waals surface area contributed by atoms with Gasteiger partial charge < -0.3 is 10.2 Å². The molecule has 0 atom stereocenters. The summed E-state index contributed by atoms with van der Waals surface area (Å²) in [6.07, 6.45) is -2.31. The molecule has 0 bridgehead atoms. The van der Waals surface area contributed by atoms with Crippen molar-refractivity contribution in [1.82, 2.24) is 10.3 Å². The molecule has 21 heavy (non-hydrogen) atoms. The Morgan fingerprint density at radius 2 is 1.95 bits per heavy atom. The first-order valence-electron chi connectivity index (χ1n) is 6.94. The van der Waals surface area contributed by atoms with Gasteiger partial charge in [0, 0.05) is 26.1 Å². The highest BCUT2D eigenvalue weighted by Crippen LogP contribution is 2.38. The minimum Gasteiger partial charge on any atom is -0.357 e. The van der Waals surface area contributed by atoms with Crippen LogP contribution < -0.4 is 10.2 Å². The summed E-state index contributed by atoms with van der Waals surface area (Å²) >= 11 is 0. The number of carbonyl (C=O) groups excluding carboxylic acids is 1. The van der Waals surface area contributed by atoms with Gasteiger partial charge in [-0.05, 0) is 30.4 Å². The molecule has 1 aromatic heterocycles. The lowest BCUT2D eigenvalue weighted by Gasteiger charge is -2.38. The molecule has 0 aromatic carbocycles. The zero-order valence-electron chi connectivity index (χ0n) is 11.4. The van der Waals surface area contributed by atoms with Crippen LogP contribution in [0.2, 0.25) is 0 Å². The predicted molar refractivity (Wildman–Crippen MR) is 70.7 cm³/mol. The summed E-state index contributed by atoms with van der Waals surface area (Å²) in [5.74, 6) is 0.428. The first kappa shape index (κ1) is 14.2. The van der Waals surface area contributed by atoms with E-state index in [0.29, 0.717) is 31.9 Å². The number of hydrogen-bond donors (Lipinski definition) is 1. The van der Waals surface area contributed by atoms with Gasteiger partial charge in [-0.3, -0.25) is 4.79 Å². The molecular weight excluding hydrogens is 283 g/mol. The van der Waals surface area contributed by atoms with Crippen LogP contribution in [0.5, 0.6) is 0 Å². The van der Waals surface area contributed by atoms with Crippen molar-refractivity contribution in [3.8, 4) is 0 Å². The molecule has 4 nitrogen and oxygen atoms in total. The van der Waals surface area contributed by atoms with Crippen molar-refractivity contribution in [3.05, 3.63) is 23.9 Å². The van der Waals surface area contributed by atoms with E-state index in [1.54, 1.807) is 6.07 Å². The lowest BCUT2D eigenvalue weighted by atomic mass is 9.78. The molecule has 1 aromatic rings. The van der Waals surface area contributed by atoms with E-state index in [1.165, 1.54) is 6.07 Å². The van der Waals surface area contributed by atoms with Crippen LogP contribution in [0.1, 0.15) is 25.0 Å². The molecule has 2 saturated heterocycles. The van der Waals surface area contributed by atoms with Crippen LogP contribution in [0.3, 0.4) is 0 Å². The molecule has 1 N–H and O–H groups in total. The molecule has 114 valence electrons. The first-order valence-corrected chi connectivity index (χ1v) is 6.94. The predicted octanol–water partition coefficient (Wildman–Crippen LogP) is 2.21. The van der Waals surface area contributed by atoms with E-state index >= 15 is 0 Å². The number of hydrogen-bond acceptors (Lipinski definition) is 3. The number of piperidine rings is 1. The van der Waals surface area contributed by atoms with Gasteiger partial charge in [0.25, 0.3) is 0 Å². The molecule has 3 rings (SSSR count). The number of halogens is 3. The quantitative estimate of drug-likeness (QED) is 0.865. The van der Waals surface area contributed by atoms with Gasteiger partial charge in [0.15, 0.2) is 0 Å². The third-order valence-corrected chi connectivity index (χ3v) is 4.37. The lowest BCUT2D eigenvalue weighted by molar-refractivity contribution is -0.141. The van der Waals surface area contributed by atoms with Crippen molar-refractivity contribution in [2.75, 3.05) is 24.5 Å². The van der Waals surface area contributed by atoms with Crippen LogP contribution in [0, 0.1) is 5.41 Å². The largest absolute Gasteiger partial charge is 0.433 e. The summed E-state index contributed by atoms with van der Waals surface area (Å²) in [6.45, 7) is 1.93. The lowest BCUT2D eigenvalue weighted by Crippen LogP contribution is -2.41. The summed E-state index contributed by atoms with van der Waals surface area (Å²) in [5, 5.41) is 2.84. The molecule has 0 radical (unpaired) electrons. The molecular formula is C14H16F3N3O. The highest BCUT2D eigenvalue weighted by molar-refractivity contribution is 5.79. The van der Waals surface area contributed by atoms with Gasteiger partial charge in [0.05, 0.1) is 0 Å². The average Bonchev–Trinajstić information content (AvgIpc) is 2.80. The van der Waals surface area contributed by atoms with Gasteiger partial charge in [-0.2, -0.15) is 13.2 Å². The Morgan fingerprint density at radius 1 is 1.24 bits per heavy atom. The molecule has 2 fully saturated rings. The Kier molecular flexibility index (Phi) is 3.30. The summed E-state index contributed by atoms with van der Waals surface area (Å²) in [7, 11) is 0. The second-order valence-corrected chi connectivity index (χ2v) is 5.82. The number of rotatable bonds is 1. The molecule has 0 saturated carbocycles. The third kappa shape index (κ3) is 2.82. The number of nitrogens with one attached hydrogen (secondary N) is 1. The van der Waals surface area contributed by atoms with Crippen molar-refractivity contribution >= 4 is 11.7 Å². The van der Waals surface area contributed by atoms with Crippen molar-refractivity contribution < 1.29 is 18.0 Å². The molecule has 2 aliphatic heterocycles. The zero-order chi connectivity index (χ0) is 15.1. The van der Waals surface area contributed by atoms with Crippen LogP contribution in [0.15, 0.2) is 18.2 Å². The first-order chi connectivity index (χ1) is 9.88. The highest BCUT2D eigenvalue weighted by atomic mass is 19.4. The van der Waals surface area contributed by atoms with E-state index in [-0.39, 0.29) is 11.3 Å². The van der Waals surface area contributed by atoms with E-state index in [2.05, 4.69) is 10.3 Å². The van der Waals surface area contributed by atoms with Crippen LogP contribution in [-0.2, 0) is 11.0 Å². The fraction of sp³-hybridized carbons (Fsp3) is 0.571. The fourth-order valence-corrected chi connectivity index (χ4v) is 3.07. The van der Waals surface area contributed by atoms with Crippen LogP contribution in [0.25, 0.3) is 0 Å². The van der Waals surface area contributed by atoms with Crippen LogP contribution in [-0.4, -0.2) is 30.5 Å². The van der Waals surface area contributed by atoms with Crippen molar-refractivity contribution in [2.45, 2.75) is 25.4 Å². The smallest absolute Gasteiger partial charge is 0.357 e. The summed E-state index contributed by atoms with van der Waals surface area (Å²) in [5.41, 5.74) is -0.882. The van der Waals surface area contributed by atoms with Gasteiger partial charge in [0.1, 0.15) is 11.5 Å². The number of nitrogens with zero attached hydrogens (tertiary/aromatic N) is 2. The number of aromatic nitrogens is 1. The molecule has 3 heterocycles. The van der Waals surface area contributed by atoms with Crippen molar-refractivity contribution in [1.29, 1.82) is 0 Å². The molecule has 1 amide bonds. The molecule has 0 aliphatic carbocycles. The van der Waals surface area contributed by atoms with Gasteiger partial charge >= 0.3 is 6.18 Å². The zero-order valence-corrected chi connectivity index (χ0v) is 11.4.